The van der Waals surface area contributed by atoms with Gasteiger partial charge in [-0.05, 0) is 116 Å². The lowest BCUT2D eigenvalue weighted by atomic mass is 10.1. The first-order chi connectivity index (χ1) is 38.1. The van der Waals surface area contributed by atoms with E-state index in [0.29, 0.717) is 17.4 Å². The smallest absolute Gasteiger partial charge is 0.361 e. The van der Waals surface area contributed by atoms with E-state index in [-0.39, 0.29) is 38.6 Å². The summed E-state index contributed by atoms with van der Waals surface area (Å²) >= 11 is 0. The quantitative estimate of drug-likeness (QED) is 0.0211. The van der Waals surface area contributed by atoms with E-state index in [9.17, 15) is 19.5 Å². The molecule has 0 aromatic carbocycles. The lowest BCUT2D eigenvalue weighted by molar-refractivity contribution is -0.870. The van der Waals surface area contributed by atoms with Crippen molar-refractivity contribution in [2.45, 2.75) is 238 Å². The molecule has 0 saturated carbocycles. The number of esters is 2. The summed E-state index contributed by atoms with van der Waals surface area (Å²) in [6.07, 6.45) is 81.1. The number of hydrogen-bond acceptors (Lipinski definition) is 7. The van der Waals surface area contributed by atoms with Crippen molar-refractivity contribution in [2.24, 2.45) is 0 Å². The second-order valence-corrected chi connectivity index (χ2v) is 21.3. The minimum Gasteiger partial charge on any atom is -0.477 e. The van der Waals surface area contributed by atoms with E-state index in [4.69, 9.17) is 18.9 Å². The molecule has 0 rings (SSSR count). The summed E-state index contributed by atoms with van der Waals surface area (Å²) in [5.41, 5.74) is 0. The lowest BCUT2D eigenvalue weighted by Crippen LogP contribution is -2.40. The van der Waals surface area contributed by atoms with Gasteiger partial charge in [0, 0.05) is 12.8 Å². The Hall–Kier alpha value is -4.57. The molecule has 0 heterocycles. The Bertz CT molecular complexity index is 1740. The van der Waals surface area contributed by atoms with Crippen molar-refractivity contribution < 1.29 is 42.9 Å². The van der Waals surface area contributed by atoms with Crippen LogP contribution in [0.2, 0.25) is 0 Å². The summed E-state index contributed by atoms with van der Waals surface area (Å²) in [5.74, 6) is -2.04. The molecule has 1 N–H and O–H groups in total. The molecule has 2 unspecified atom stereocenters. The monoisotopic (exact) mass is 1080 g/mol. The van der Waals surface area contributed by atoms with Crippen molar-refractivity contribution in [3.63, 3.8) is 0 Å². The largest absolute Gasteiger partial charge is 0.477 e. The van der Waals surface area contributed by atoms with Crippen LogP contribution in [0.25, 0.3) is 0 Å². The lowest BCUT2D eigenvalue weighted by Gasteiger charge is -2.25. The topological polar surface area (TPSA) is 108 Å². The summed E-state index contributed by atoms with van der Waals surface area (Å²) in [5, 5.41) is 9.70. The second-order valence-electron chi connectivity index (χ2n) is 21.3. The third-order valence-electron chi connectivity index (χ3n) is 12.6. The number of unbranched alkanes of at least 4 members (excludes halogenated alkanes) is 18. The average Bonchev–Trinajstić information content (AvgIpc) is 3.41. The molecule has 0 aliphatic rings. The zero-order valence-corrected chi connectivity index (χ0v) is 50.3. The van der Waals surface area contributed by atoms with Gasteiger partial charge in [0.1, 0.15) is 13.2 Å². The first kappa shape index (κ1) is 73.4. The molecule has 0 fully saturated rings. The van der Waals surface area contributed by atoms with E-state index in [0.717, 1.165) is 128 Å². The standard InChI is InChI=1S/C69H113NO8/c1-6-8-10-12-14-16-18-20-22-24-25-26-27-28-29-30-31-32-33-34-35-36-37-38-39-40-41-42-43-44-46-48-50-52-54-56-58-60-67(72)78-65(64-77-69(68(73)74)75-62-61-70(3,4)5)63-76-66(71)59-57-55-53-51-49-47-45-23-21-19-17-15-13-11-9-7-2/h8,10,14,16-17,19-20,22-23,25-26,28-29,31-32,34-35,37-38,40-41,45,65,69H,6-7,9,11-13,15,18,21,24,27,30,33,36,39,42-44,46-64H2,1-5H3/p+1/b10-8-,16-14-,19-17-,22-20-,26-25-,29-28-,32-31-,35-34-,38-37-,41-40-,45-23-. The predicted molar refractivity (Wildman–Crippen MR) is 331 cm³/mol. The van der Waals surface area contributed by atoms with Crippen LogP contribution in [0.15, 0.2) is 134 Å². The molecule has 0 spiro atoms. The fourth-order valence-corrected chi connectivity index (χ4v) is 7.92. The van der Waals surface area contributed by atoms with Crippen LogP contribution in [0, 0.1) is 0 Å². The van der Waals surface area contributed by atoms with Gasteiger partial charge in [0.15, 0.2) is 6.10 Å². The van der Waals surface area contributed by atoms with E-state index < -0.39 is 24.3 Å². The maximum absolute atomic E-state index is 12.9. The maximum Gasteiger partial charge on any atom is 0.361 e. The molecule has 442 valence electrons. The van der Waals surface area contributed by atoms with Crippen LogP contribution in [-0.2, 0) is 33.3 Å². The minimum atomic E-state index is -1.52. The number of nitrogens with zero attached hydrogens (tertiary/aromatic N) is 1. The van der Waals surface area contributed by atoms with E-state index in [1.165, 1.54) is 64.2 Å². The van der Waals surface area contributed by atoms with Crippen LogP contribution in [0.1, 0.15) is 226 Å². The number of quaternary nitrogens is 1. The number of ether oxygens (including phenoxy) is 4. The Morgan fingerprint density at radius 2 is 0.731 bits per heavy atom. The molecule has 0 aliphatic carbocycles. The highest BCUT2D eigenvalue weighted by Gasteiger charge is 2.25. The molecule has 9 heteroatoms. The van der Waals surface area contributed by atoms with Crippen LogP contribution >= 0.6 is 0 Å². The third kappa shape index (κ3) is 59.1. The van der Waals surface area contributed by atoms with E-state index in [1.807, 2.05) is 21.1 Å². The normalized spacial score (nSPS) is 13.7. The number of carbonyl (C=O) groups excluding carboxylic acids is 2. The van der Waals surface area contributed by atoms with Crippen molar-refractivity contribution in [3.05, 3.63) is 134 Å². The molecule has 78 heavy (non-hydrogen) atoms. The third-order valence-corrected chi connectivity index (χ3v) is 12.6. The number of allylic oxidation sites excluding steroid dienone is 22. The Labute approximate surface area is 478 Å². The molecule has 0 aromatic rings. The maximum atomic E-state index is 12.9. The second kappa shape index (κ2) is 58.6. The van der Waals surface area contributed by atoms with Gasteiger partial charge in [0.25, 0.3) is 6.29 Å². The molecule has 0 saturated heterocycles. The molecule has 9 nitrogen and oxygen atoms in total. The summed E-state index contributed by atoms with van der Waals surface area (Å²) in [6.45, 7) is 4.71. The van der Waals surface area contributed by atoms with Crippen molar-refractivity contribution in [3.8, 4) is 0 Å². The molecule has 0 radical (unpaired) electrons. The highest BCUT2D eigenvalue weighted by molar-refractivity contribution is 5.71. The molecular formula is C69H114NO8+. The Morgan fingerprint density at radius 1 is 0.397 bits per heavy atom. The number of carboxylic acid groups (broad SMARTS) is 1. The van der Waals surface area contributed by atoms with E-state index >= 15 is 0 Å². The number of rotatable bonds is 55. The molecule has 0 bridgehead atoms. The highest BCUT2D eigenvalue weighted by atomic mass is 16.7. The zero-order chi connectivity index (χ0) is 56.9. The van der Waals surface area contributed by atoms with E-state index in [2.05, 4.69) is 148 Å². The molecule has 0 aliphatic heterocycles. The first-order valence-electron chi connectivity index (χ1n) is 30.8. The summed E-state index contributed by atoms with van der Waals surface area (Å²) in [7, 11) is 5.95. The van der Waals surface area contributed by atoms with Crippen LogP contribution < -0.4 is 0 Å². The summed E-state index contributed by atoms with van der Waals surface area (Å²) in [6, 6.07) is 0. The molecular weight excluding hydrogens is 971 g/mol. The van der Waals surface area contributed by atoms with Gasteiger partial charge in [-0.25, -0.2) is 4.79 Å². The van der Waals surface area contributed by atoms with Gasteiger partial charge >= 0.3 is 17.9 Å². The van der Waals surface area contributed by atoms with E-state index in [1.54, 1.807) is 0 Å². The molecule has 0 amide bonds. The average molecular weight is 1090 g/mol. The first-order valence-corrected chi connectivity index (χ1v) is 30.8. The Balaban J connectivity index is 4.21. The highest BCUT2D eigenvalue weighted by Crippen LogP contribution is 2.14. The number of aliphatic carboxylic acids is 1. The summed E-state index contributed by atoms with van der Waals surface area (Å²) in [4.78, 5) is 37.4. The fourth-order valence-electron chi connectivity index (χ4n) is 7.92. The number of carbonyl (C=O) groups is 3. The van der Waals surface area contributed by atoms with Gasteiger partial charge in [0.2, 0.25) is 0 Å². The number of carboxylic acids is 1. The summed E-state index contributed by atoms with van der Waals surface area (Å²) < 4.78 is 22.9. The number of likely N-dealkylation sites (N-methyl/N-ethyl adjacent to an activating group) is 1. The zero-order valence-electron chi connectivity index (χ0n) is 50.3. The molecule has 0 aromatic heterocycles. The Kier molecular flexibility index (Phi) is 55.1. The Morgan fingerprint density at radius 3 is 1.09 bits per heavy atom. The van der Waals surface area contributed by atoms with Crippen molar-refractivity contribution >= 4 is 17.9 Å². The SMILES string of the molecule is CC/C=C\C/C=C\C/C=C\C/C=C\C/C=C\C/C=C\C/C=C\C/C=C\C/C=C\CCCCCCCCCCCC(=O)OC(COC(=O)CCCCCCC/C=C\C/C=C\CCCCCC)COC(OCC[N+](C)(C)C)C(=O)O. The van der Waals surface area contributed by atoms with Crippen LogP contribution in [0.3, 0.4) is 0 Å². The molecule has 2 atom stereocenters. The van der Waals surface area contributed by atoms with Crippen molar-refractivity contribution in [1.29, 1.82) is 0 Å². The van der Waals surface area contributed by atoms with Crippen LogP contribution in [0.4, 0.5) is 0 Å². The van der Waals surface area contributed by atoms with Crippen molar-refractivity contribution in [1.82, 2.24) is 0 Å². The van der Waals surface area contributed by atoms with Gasteiger partial charge in [-0.15, -0.1) is 0 Å². The van der Waals surface area contributed by atoms with Gasteiger partial charge in [-0.2, -0.15) is 0 Å². The van der Waals surface area contributed by atoms with Gasteiger partial charge in [-0.3, -0.25) is 9.59 Å². The van der Waals surface area contributed by atoms with Gasteiger partial charge in [-0.1, -0.05) is 231 Å². The number of hydrogen-bond donors (Lipinski definition) is 1. The predicted octanol–water partition coefficient (Wildman–Crippen LogP) is 18.6. The van der Waals surface area contributed by atoms with Crippen LogP contribution in [0.5, 0.6) is 0 Å². The van der Waals surface area contributed by atoms with Gasteiger partial charge < -0.3 is 28.5 Å². The minimum absolute atomic E-state index is 0.178. The van der Waals surface area contributed by atoms with Crippen LogP contribution in [-0.4, -0.2) is 87.4 Å². The fraction of sp³-hybridized carbons (Fsp3) is 0.638. The van der Waals surface area contributed by atoms with Gasteiger partial charge in [0.05, 0.1) is 34.4 Å². The van der Waals surface area contributed by atoms with Crippen molar-refractivity contribution in [2.75, 3.05) is 47.5 Å².